The fraction of sp³-hybridized carbons (Fsp3) is 0.476. The van der Waals surface area contributed by atoms with Gasteiger partial charge in [-0.2, -0.15) is 0 Å². The molecule has 23 heavy (non-hydrogen) atoms. The molecule has 2 nitrogen and oxygen atoms in total. The van der Waals surface area contributed by atoms with Gasteiger partial charge in [-0.05, 0) is 24.5 Å². The maximum atomic E-state index is 6.24. The van der Waals surface area contributed by atoms with E-state index in [-0.39, 0.29) is 5.60 Å². The Kier molecular flexibility index (Phi) is 7.28. The highest BCUT2D eigenvalue weighted by Gasteiger charge is 2.28. The van der Waals surface area contributed by atoms with Crippen LogP contribution in [0.2, 0.25) is 0 Å². The molecule has 0 unspecified atom stereocenters. The van der Waals surface area contributed by atoms with Crippen LogP contribution in [-0.2, 0) is 4.74 Å². The Hall–Kier alpha value is -1.67. The first kappa shape index (κ1) is 17.7. The van der Waals surface area contributed by atoms with E-state index in [1.54, 1.807) is 0 Å². The van der Waals surface area contributed by atoms with Crippen LogP contribution in [0.25, 0.3) is 0 Å². The summed E-state index contributed by atoms with van der Waals surface area (Å²) >= 11 is 0. The fourth-order valence-electron chi connectivity index (χ4n) is 2.69. The van der Waals surface area contributed by atoms with E-state index in [9.17, 15) is 0 Å². The van der Waals surface area contributed by atoms with Gasteiger partial charge in [0.15, 0.2) is 0 Å². The molecule has 0 saturated carbocycles. The maximum Gasteiger partial charge on any atom is 0.0901 e. The molecule has 0 radical (unpaired) electrons. The lowest BCUT2D eigenvalue weighted by Gasteiger charge is -2.32. The molecule has 0 bridgehead atoms. The SMILES string of the molecule is CCCCO[C@]1(CCCC)C=CC(N=Cc2ccccc2)=CC1. The van der Waals surface area contributed by atoms with Crippen molar-refractivity contribution in [2.24, 2.45) is 4.99 Å². The molecule has 124 valence electrons. The van der Waals surface area contributed by atoms with Crippen molar-refractivity contribution < 1.29 is 4.74 Å². The maximum absolute atomic E-state index is 6.24. The van der Waals surface area contributed by atoms with Gasteiger partial charge >= 0.3 is 0 Å². The number of ether oxygens (including phenoxy) is 1. The molecule has 2 rings (SSSR count). The average molecular weight is 311 g/mol. The quantitative estimate of drug-likeness (QED) is 0.424. The molecule has 0 heterocycles. The molecule has 0 fully saturated rings. The monoisotopic (exact) mass is 311 g/mol. The number of hydrogen-bond donors (Lipinski definition) is 0. The molecule has 1 aliphatic carbocycles. The van der Waals surface area contributed by atoms with Crippen LogP contribution in [0.1, 0.15) is 57.9 Å². The third-order valence-corrected chi connectivity index (χ3v) is 4.22. The zero-order chi connectivity index (χ0) is 16.4. The lowest BCUT2D eigenvalue weighted by atomic mass is 9.88. The van der Waals surface area contributed by atoms with Gasteiger partial charge in [-0.15, -0.1) is 0 Å². The summed E-state index contributed by atoms with van der Waals surface area (Å²) in [4.78, 5) is 4.59. The first-order chi connectivity index (χ1) is 11.3. The summed E-state index contributed by atoms with van der Waals surface area (Å²) in [5, 5.41) is 0. The molecule has 1 aliphatic rings. The van der Waals surface area contributed by atoms with E-state index in [2.05, 4.69) is 49.2 Å². The molecular formula is C21H29NO. The Morgan fingerprint density at radius 1 is 1.13 bits per heavy atom. The Balaban J connectivity index is 1.97. The highest BCUT2D eigenvalue weighted by atomic mass is 16.5. The number of rotatable bonds is 9. The number of unbranched alkanes of at least 4 members (excludes halogenated alkanes) is 2. The van der Waals surface area contributed by atoms with Crippen molar-refractivity contribution in [1.29, 1.82) is 0 Å². The van der Waals surface area contributed by atoms with E-state index in [1.165, 1.54) is 19.3 Å². The highest BCUT2D eigenvalue weighted by Crippen LogP contribution is 2.31. The lowest BCUT2D eigenvalue weighted by Crippen LogP contribution is -2.31. The molecule has 1 aromatic carbocycles. The summed E-state index contributed by atoms with van der Waals surface area (Å²) in [6.45, 7) is 5.29. The van der Waals surface area contributed by atoms with Crippen LogP contribution < -0.4 is 0 Å². The van der Waals surface area contributed by atoms with Crippen LogP contribution in [0.5, 0.6) is 0 Å². The number of benzene rings is 1. The van der Waals surface area contributed by atoms with E-state index < -0.39 is 0 Å². The Morgan fingerprint density at radius 2 is 1.91 bits per heavy atom. The van der Waals surface area contributed by atoms with Gasteiger partial charge in [-0.3, -0.25) is 4.99 Å². The Morgan fingerprint density at radius 3 is 2.57 bits per heavy atom. The topological polar surface area (TPSA) is 21.6 Å². The van der Waals surface area contributed by atoms with Crippen LogP contribution in [0.4, 0.5) is 0 Å². The zero-order valence-electron chi connectivity index (χ0n) is 14.5. The van der Waals surface area contributed by atoms with E-state index in [1.807, 2.05) is 24.4 Å². The molecule has 2 heteroatoms. The second-order valence-electron chi connectivity index (χ2n) is 6.21. The van der Waals surface area contributed by atoms with Crippen LogP contribution >= 0.6 is 0 Å². The molecule has 0 aliphatic heterocycles. The van der Waals surface area contributed by atoms with Crippen LogP contribution in [0.15, 0.2) is 59.2 Å². The largest absolute Gasteiger partial charge is 0.371 e. The Bertz CT molecular complexity index is 544. The van der Waals surface area contributed by atoms with Crippen molar-refractivity contribution >= 4 is 6.21 Å². The van der Waals surface area contributed by atoms with Crippen molar-refractivity contribution in [3.63, 3.8) is 0 Å². The van der Waals surface area contributed by atoms with Crippen molar-refractivity contribution in [2.75, 3.05) is 6.61 Å². The van der Waals surface area contributed by atoms with Crippen LogP contribution in [0, 0.1) is 0 Å². The van der Waals surface area contributed by atoms with Gasteiger partial charge in [0.1, 0.15) is 0 Å². The molecule has 1 atom stereocenters. The summed E-state index contributed by atoms with van der Waals surface area (Å²) in [5.74, 6) is 0. The molecule has 0 saturated heterocycles. The summed E-state index contributed by atoms with van der Waals surface area (Å²) in [6.07, 6.45) is 15.2. The highest BCUT2D eigenvalue weighted by molar-refractivity contribution is 5.80. The predicted octanol–water partition coefficient (Wildman–Crippen LogP) is 5.70. The lowest BCUT2D eigenvalue weighted by molar-refractivity contribution is -0.0162. The summed E-state index contributed by atoms with van der Waals surface area (Å²) in [5.41, 5.74) is 2.04. The van der Waals surface area contributed by atoms with E-state index in [0.717, 1.165) is 37.1 Å². The van der Waals surface area contributed by atoms with Gasteiger partial charge in [0.2, 0.25) is 0 Å². The normalized spacial score (nSPS) is 20.9. The summed E-state index contributed by atoms with van der Waals surface area (Å²) in [6, 6.07) is 10.2. The second-order valence-corrected chi connectivity index (χ2v) is 6.21. The van der Waals surface area contributed by atoms with Crippen LogP contribution in [-0.4, -0.2) is 18.4 Å². The van der Waals surface area contributed by atoms with Crippen molar-refractivity contribution in [3.8, 4) is 0 Å². The minimum absolute atomic E-state index is 0.114. The van der Waals surface area contributed by atoms with Gasteiger partial charge in [-0.25, -0.2) is 0 Å². The Labute approximate surface area is 141 Å². The first-order valence-corrected chi connectivity index (χ1v) is 8.90. The van der Waals surface area contributed by atoms with Gasteiger partial charge in [0, 0.05) is 19.2 Å². The minimum atomic E-state index is -0.114. The predicted molar refractivity (Wildman–Crippen MR) is 99.0 cm³/mol. The fourth-order valence-corrected chi connectivity index (χ4v) is 2.69. The minimum Gasteiger partial charge on any atom is -0.371 e. The first-order valence-electron chi connectivity index (χ1n) is 8.90. The van der Waals surface area contributed by atoms with E-state index >= 15 is 0 Å². The van der Waals surface area contributed by atoms with E-state index in [0.29, 0.717) is 0 Å². The third-order valence-electron chi connectivity index (χ3n) is 4.22. The van der Waals surface area contributed by atoms with Crippen molar-refractivity contribution in [1.82, 2.24) is 0 Å². The van der Waals surface area contributed by atoms with Gasteiger partial charge < -0.3 is 4.74 Å². The van der Waals surface area contributed by atoms with Gasteiger partial charge in [0.25, 0.3) is 0 Å². The molecule has 1 aromatic rings. The van der Waals surface area contributed by atoms with Gasteiger partial charge in [0.05, 0.1) is 11.3 Å². The summed E-state index contributed by atoms with van der Waals surface area (Å²) in [7, 11) is 0. The van der Waals surface area contributed by atoms with E-state index in [4.69, 9.17) is 4.74 Å². The molecule has 0 aromatic heterocycles. The zero-order valence-corrected chi connectivity index (χ0v) is 14.5. The van der Waals surface area contributed by atoms with Crippen molar-refractivity contribution in [3.05, 3.63) is 59.8 Å². The van der Waals surface area contributed by atoms with Crippen molar-refractivity contribution in [2.45, 2.75) is 58.0 Å². The third kappa shape index (κ3) is 5.80. The van der Waals surface area contributed by atoms with Gasteiger partial charge in [-0.1, -0.05) is 75.6 Å². The average Bonchev–Trinajstić information content (AvgIpc) is 2.61. The molecule has 0 amide bonds. The number of aliphatic imine (C=N–C) groups is 1. The smallest absolute Gasteiger partial charge is 0.0901 e. The standard InChI is InChI=1S/C21H29NO/c1-3-5-14-21(23-17-6-4-2)15-12-20(13-16-21)22-18-19-10-8-7-9-11-19/h7-13,15,18H,3-6,14,16-17H2,1-2H3/t21-/m1/s1. The summed E-state index contributed by atoms with van der Waals surface area (Å²) < 4.78 is 6.24. The number of allylic oxidation sites excluding steroid dienone is 1. The van der Waals surface area contributed by atoms with Crippen LogP contribution in [0.3, 0.4) is 0 Å². The number of nitrogens with zero attached hydrogens (tertiary/aromatic N) is 1. The number of hydrogen-bond acceptors (Lipinski definition) is 2. The molecule has 0 spiro atoms. The second kappa shape index (κ2) is 9.46. The molecule has 0 N–H and O–H groups in total. The molecular weight excluding hydrogens is 282 g/mol.